The van der Waals surface area contributed by atoms with Crippen molar-refractivity contribution < 1.29 is 9.90 Å². The maximum absolute atomic E-state index is 10.8. The van der Waals surface area contributed by atoms with Gasteiger partial charge in [0, 0.05) is 20.1 Å². The number of aromatic nitrogens is 3. The summed E-state index contributed by atoms with van der Waals surface area (Å²) in [5, 5.41) is 15.0. The van der Waals surface area contributed by atoms with Crippen LogP contribution in [0.4, 0.5) is 17.8 Å². The first-order valence-electron chi connectivity index (χ1n) is 6.50. The van der Waals surface area contributed by atoms with Crippen molar-refractivity contribution in [2.75, 3.05) is 42.2 Å². The third kappa shape index (κ3) is 3.44. The van der Waals surface area contributed by atoms with Crippen LogP contribution in [0, 0.1) is 0 Å². The summed E-state index contributed by atoms with van der Waals surface area (Å²) >= 11 is 0. The number of nitrogens with one attached hydrogen (secondary N) is 2. The maximum Gasteiger partial charge on any atom is 0.248 e. The molecule has 0 aliphatic carbocycles. The van der Waals surface area contributed by atoms with E-state index < -0.39 is 12.0 Å². The highest BCUT2D eigenvalue weighted by Crippen LogP contribution is 2.18. The van der Waals surface area contributed by atoms with E-state index in [1.807, 2.05) is 0 Å². The van der Waals surface area contributed by atoms with Crippen LogP contribution < -0.4 is 21.3 Å². The number of anilines is 3. The summed E-state index contributed by atoms with van der Waals surface area (Å²) in [6.07, 6.45) is 0.952. The van der Waals surface area contributed by atoms with Crippen LogP contribution in [0.15, 0.2) is 0 Å². The van der Waals surface area contributed by atoms with Crippen molar-refractivity contribution in [3.8, 4) is 0 Å². The molecule has 110 valence electrons. The van der Waals surface area contributed by atoms with Crippen molar-refractivity contribution in [1.29, 1.82) is 0 Å². The lowest BCUT2D eigenvalue weighted by Crippen LogP contribution is -2.34. The van der Waals surface area contributed by atoms with Crippen molar-refractivity contribution in [3.05, 3.63) is 0 Å². The number of aliphatic hydroxyl groups excluding tert-OH is 1. The van der Waals surface area contributed by atoms with Crippen LogP contribution in [0.3, 0.4) is 0 Å². The monoisotopic (exact) mass is 281 g/mol. The molecule has 1 aliphatic rings. The Balaban J connectivity index is 2.11. The van der Waals surface area contributed by atoms with Crippen molar-refractivity contribution in [3.63, 3.8) is 0 Å². The molecule has 1 aliphatic heterocycles. The first-order chi connectivity index (χ1) is 9.60. The summed E-state index contributed by atoms with van der Waals surface area (Å²) in [4.78, 5) is 25.5. The van der Waals surface area contributed by atoms with Crippen LogP contribution >= 0.6 is 0 Å². The maximum atomic E-state index is 10.8. The number of carbonyl (C=O) groups excluding carboxylic acids is 1. The van der Waals surface area contributed by atoms with Gasteiger partial charge in [-0.05, 0) is 12.8 Å². The fraction of sp³-hybridized carbons (Fsp3) is 0.636. The van der Waals surface area contributed by atoms with Gasteiger partial charge < -0.3 is 26.4 Å². The molecule has 0 saturated carbocycles. The molecular formula is C11H19N7O2. The van der Waals surface area contributed by atoms with E-state index in [9.17, 15) is 9.90 Å². The zero-order chi connectivity index (χ0) is 14.5. The average Bonchev–Trinajstić information content (AvgIpc) is 2.98. The summed E-state index contributed by atoms with van der Waals surface area (Å²) in [7, 11) is 1.71. The SMILES string of the molecule is CNc1nc(NCC(O)C(N)=O)nc(N2CCCC2)n1. The molecule has 1 amide bonds. The number of nitrogens with two attached hydrogens (primary N) is 1. The van der Waals surface area contributed by atoms with E-state index >= 15 is 0 Å². The number of aliphatic hydroxyl groups is 1. The lowest BCUT2D eigenvalue weighted by molar-refractivity contribution is -0.125. The van der Waals surface area contributed by atoms with Gasteiger partial charge in [0.25, 0.3) is 0 Å². The molecule has 0 radical (unpaired) electrons. The molecule has 9 heteroatoms. The highest BCUT2D eigenvalue weighted by molar-refractivity contribution is 5.79. The Morgan fingerprint density at radius 1 is 1.35 bits per heavy atom. The van der Waals surface area contributed by atoms with Gasteiger partial charge in [0.1, 0.15) is 6.10 Å². The summed E-state index contributed by atoms with van der Waals surface area (Å²) in [5.41, 5.74) is 4.98. The second-order valence-electron chi connectivity index (χ2n) is 4.53. The molecule has 5 N–H and O–H groups in total. The van der Waals surface area contributed by atoms with Crippen LogP contribution in [-0.4, -0.2) is 58.8 Å². The van der Waals surface area contributed by atoms with Gasteiger partial charge in [0.05, 0.1) is 6.54 Å². The third-order valence-corrected chi connectivity index (χ3v) is 3.02. The van der Waals surface area contributed by atoms with Crippen molar-refractivity contribution in [2.24, 2.45) is 5.73 Å². The number of rotatable bonds is 6. The molecule has 9 nitrogen and oxygen atoms in total. The number of primary amides is 1. The standard InChI is InChI=1S/C11H19N7O2/c1-13-9-15-10(14-6-7(19)8(12)20)17-11(16-9)18-4-2-3-5-18/h7,19H,2-6H2,1H3,(H2,12,20)(H2,13,14,15,16,17). The van der Waals surface area contributed by atoms with Crippen LogP contribution in [0.25, 0.3) is 0 Å². The molecule has 0 spiro atoms. The normalized spacial score (nSPS) is 16.0. The van der Waals surface area contributed by atoms with Crippen LogP contribution in [0.1, 0.15) is 12.8 Å². The van der Waals surface area contributed by atoms with Gasteiger partial charge in [-0.25, -0.2) is 0 Å². The summed E-state index contributed by atoms with van der Waals surface area (Å²) < 4.78 is 0. The number of hydrogen-bond donors (Lipinski definition) is 4. The second-order valence-corrected chi connectivity index (χ2v) is 4.53. The van der Waals surface area contributed by atoms with E-state index in [-0.39, 0.29) is 6.54 Å². The predicted molar refractivity (Wildman–Crippen MR) is 74.5 cm³/mol. The molecule has 2 rings (SSSR count). The molecular weight excluding hydrogens is 262 g/mol. The fourth-order valence-electron chi connectivity index (χ4n) is 1.90. The van der Waals surface area contributed by atoms with E-state index in [0.29, 0.717) is 17.8 Å². The zero-order valence-electron chi connectivity index (χ0n) is 11.3. The third-order valence-electron chi connectivity index (χ3n) is 3.02. The Hall–Kier alpha value is -2.16. The molecule has 0 bridgehead atoms. The summed E-state index contributed by atoms with van der Waals surface area (Å²) in [5.74, 6) is 0.516. The van der Waals surface area contributed by atoms with Crippen molar-refractivity contribution in [1.82, 2.24) is 15.0 Å². The smallest absolute Gasteiger partial charge is 0.248 e. The minimum Gasteiger partial charge on any atom is -0.381 e. The van der Waals surface area contributed by atoms with Crippen molar-refractivity contribution in [2.45, 2.75) is 18.9 Å². The Morgan fingerprint density at radius 3 is 2.60 bits per heavy atom. The molecule has 20 heavy (non-hydrogen) atoms. The van der Waals surface area contributed by atoms with Gasteiger partial charge in [-0.1, -0.05) is 0 Å². The summed E-state index contributed by atoms with van der Waals surface area (Å²) in [6.45, 7) is 1.79. The number of hydrogen-bond acceptors (Lipinski definition) is 8. The predicted octanol–water partition coefficient (Wildman–Crippen LogP) is -1.23. The lowest BCUT2D eigenvalue weighted by atomic mass is 10.3. The molecule has 1 saturated heterocycles. The Labute approximate surface area is 116 Å². The average molecular weight is 281 g/mol. The minimum absolute atomic E-state index is 0.0397. The van der Waals surface area contributed by atoms with E-state index in [4.69, 9.17) is 5.73 Å². The van der Waals surface area contributed by atoms with Gasteiger partial charge in [-0.2, -0.15) is 15.0 Å². The molecule has 1 aromatic rings. The van der Waals surface area contributed by atoms with Gasteiger partial charge in [0.2, 0.25) is 23.8 Å². The van der Waals surface area contributed by atoms with Crippen LogP contribution in [0.5, 0.6) is 0 Å². The Kier molecular flexibility index (Phi) is 4.51. The Morgan fingerprint density at radius 2 is 2.00 bits per heavy atom. The van der Waals surface area contributed by atoms with Gasteiger partial charge in [-0.15, -0.1) is 0 Å². The fourth-order valence-corrected chi connectivity index (χ4v) is 1.90. The van der Waals surface area contributed by atoms with Gasteiger partial charge >= 0.3 is 0 Å². The van der Waals surface area contributed by atoms with Crippen LogP contribution in [-0.2, 0) is 4.79 Å². The number of amides is 1. The molecule has 1 unspecified atom stereocenters. The van der Waals surface area contributed by atoms with E-state index in [0.717, 1.165) is 25.9 Å². The topological polar surface area (TPSA) is 129 Å². The van der Waals surface area contributed by atoms with Gasteiger partial charge in [-0.3, -0.25) is 4.79 Å². The second kappa shape index (κ2) is 6.33. The largest absolute Gasteiger partial charge is 0.381 e. The minimum atomic E-state index is -1.28. The molecule has 1 atom stereocenters. The first-order valence-corrected chi connectivity index (χ1v) is 6.50. The van der Waals surface area contributed by atoms with Crippen molar-refractivity contribution >= 4 is 23.8 Å². The first kappa shape index (κ1) is 14.3. The molecule has 2 heterocycles. The number of nitrogens with zero attached hydrogens (tertiary/aromatic N) is 4. The highest BCUT2D eigenvalue weighted by atomic mass is 16.3. The molecule has 1 aromatic heterocycles. The van der Waals surface area contributed by atoms with Crippen LogP contribution in [0.2, 0.25) is 0 Å². The van der Waals surface area contributed by atoms with E-state index in [1.165, 1.54) is 0 Å². The van der Waals surface area contributed by atoms with E-state index in [1.54, 1.807) is 7.05 Å². The molecule has 1 fully saturated rings. The Bertz CT molecular complexity index is 476. The highest BCUT2D eigenvalue weighted by Gasteiger charge is 2.18. The molecule has 0 aromatic carbocycles. The summed E-state index contributed by atoms with van der Waals surface area (Å²) in [6, 6.07) is 0. The lowest BCUT2D eigenvalue weighted by Gasteiger charge is -2.17. The zero-order valence-corrected chi connectivity index (χ0v) is 11.3. The van der Waals surface area contributed by atoms with Gasteiger partial charge in [0.15, 0.2) is 0 Å². The quantitative estimate of drug-likeness (QED) is 0.510. The number of carbonyl (C=O) groups is 1. The van der Waals surface area contributed by atoms with E-state index in [2.05, 4.69) is 30.5 Å².